The summed E-state index contributed by atoms with van der Waals surface area (Å²) in [6.07, 6.45) is 3.94. The van der Waals surface area contributed by atoms with E-state index in [4.69, 9.17) is 0 Å². The first-order chi connectivity index (χ1) is 9.97. The van der Waals surface area contributed by atoms with Crippen molar-refractivity contribution in [1.29, 1.82) is 0 Å². The summed E-state index contributed by atoms with van der Waals surface area (Å²) in [4.78, 5) is 12.3. The number of hydrogen-bond acceptors (Lipinski definition) is 1. The Morgan fingerprint density at radius 2 is 1.90 bits per heavy atom. The van der Waals surface area contributed by atoms with E-state index >= 15 is 0 Å². The molecule has 0 spiro atoms. The minimum absolute atomic E-state index is 0.00102. The Labute approximate surface area is 126 Å². The van der Waals surface area contributed by atoms with Crippen molar-refractivity contribution in [1.82, 2.24) is 4.68 Å². The molecule has 0 saturated heterocycles. The summed E-state index contributed by atoms with van der Waals surface area (Å²) in [6, 6.07) is 7.99. The molecule has 21 heavy (non-hydrogen) atoms. The quantitative estimate of drug-likeness (QED) is 0.843. The van der Waals surface area contributed by atoms with Gasteiger partial charge in [-0.1, -0.05) is 32.0 Å². The Balaban J connectivity index is 2.07. The van der Waals surface area contributed by atoms with Gasteiger partial charge in [0.05, 0.1) is 12.7 Å². The van der Waals surface area contributed by atoms with Crippen LogP contribution in [0.5, 0.6) is 0 Å². The van der Waals surface area contributed by atoms with E-state index in [0.717, 1.165) is 23.4 Å². The van der Waals surface area contributed by atoms with Gasteiger partial charge in [-0.25, -0.2) is 0 Å². The van der Waals surface area contributed by atoms with Crippen molar-refractivity contribution in [3.63, 3.8) is 0 Å². The lowest BCUT2D eigenvalue weighted by Gasteiger charge is -2.10. The molecule has 2 rings (SSSR count). The monoisotopic (exact) mass is 286 g/mol. The van der Waals surface area contributed by atoms with Crippen LogP contribution >= 0.6 is 0 Å². The molecule has 2 aromatic rings. The number of aryl methyl sites for hydroxylation is 2. The molecule has 0 radical (unpaired) electrons. The zero-order valence-corrected chi connectivity index (χ0v) is 13.3. The van der Waals surface area contributed by atoms with Crippen molar-refractivity contribution in [2.75, 3.05) is 5.32 Å². The maximum atomic E-state index is 12.3. The lowest BCUT2D eigenvalue weighted by molar-refractivity contribution is -0.764. The van der Waals surface area contributed by atoms with Crippen LogP contribution in [0.25, 0.3) is 0 Å². The third-order valence-corrected chi connectivity index (χ3v) is 3.45. The van der Waals surface area contributed by atoms with Crippen molar-refractivity contribution in [2.24, 2.45) is 5.92 Å². The number of benzene rings is 1. The van der Waals surface area contributed by atoms with Crippen LogP contribution in [0, 0.1) is 19.8 Å². The minimum atomic E-state index is 0.00102. The molecule has 1 aromatic heterocycles. The Bertz CT molecular complexity index is 608. The molecule has 1 aromatic carbocycles. The van der Waals surface area contributed by atoms with E-state index in [-0.39, 0.29) is 5.91 Å². The summed E-state index contributed by atoms with van der Waals surface area (Å²) in [7, 11) is 0. The van der Waals surface area contributed by atoms with Crippen molar-refractivity contribution < 1.29 is 9.48 Å². The number of para-hydroxylation sites is 1. The first kappa shape index (κ1) is 15.3. The van der Waals surface area contributed by atoms with E-state index in [1.807, 2.05) is 55.2 Å². The number of rotatable bonds is 5. The smallest absolute Gasteiger partial charge is 0.292 e. The number of amides is 1. The molecule has 0 aliphatic rings. The number of nitrogens with one attached hydrogen (secondary N) is 1. The van der Waals surface area contributed by atoms with Crippen molar-refractivity contribution in [2.45, 2.75) is 40.8 Å². The van der Waals surface area contributed by atoms with E-state index in [1.165, 1.54) is 0 Å². The molecule has 0 aliphatic carbocycles. The number of hydrogen-bond donors (Lipinski definition) is 1. The molecule has 4 nitrogen and oxygen atoms in total. The molecule has 0 fully saturated rings. The van der Waals surface area contributed by atoms with Gasteiger partial charge in [0.1, 0.15) is 0 Å². The first-order valence-electron chi connectivity index (χ1n) is 7.38. The molecule has 0 atom stereocenters. The van der Waals surface area contributed by atoms with Gasteiger partial charge in [-0.05, 0) is 30.9 Å². The van der Waals surface area contributed by atoms with Gasteiger partial charge < -0.3 is 5.32 Å². The molecular formula is C17H24N3O+. The van der Waals surface area contributed by atoms with Gasteiger partial charge in [0.15, 0.2) is 6.20 Å². The maximum Gasteiger partial charge on any atom is 0.292 e. The number of nitrogens with zero attached hydrogens (tertiary/aromatic N) is 2. The molecule has 0 saturated carbocycles. The van der Waals surface area contributed by atoms with E-state index in [2.05, 4.69) is 23.8 Å². The van der Waals surface area contributed by atoms with Gasteiger partial charge in [0, 0.05) is 11.8 Å². The van der Waals surface area contributed by atoms with Crippen LogP contribution in [0.15, 0.2) is 36.7 Å². The van der Waals surface area contributed by atoms with Gasteiger partial charge in [-0.2, -0.15) is 4.68 Å². The molecule has 1 heterocycles. The van der Waals surface area contributed by atoms with Gasteiger partial charge in [-0.3, -0.25) is 4.79 Å². The SMILES string of the molecule is Cc1cccc(C)c1NC(=O)C[n+]1cccn1CC(C)C. The van der Waals surface area contributed by atoms with E-state index in [9.17, 15) is 4.79 Å². The van der Waals surface area contributed by atoms with Crippen molar-refractivity contribution >= 4 is 11.6 Å². The summed E-state index contributed by atoms with van der Waals surface area (Å²) in [5.74, 6) is 0.548. The van der Waals surface area contributed by atoms with E-state index in [1.54, 1.807) is 0 Å². The van der Waals surface area contributed by atoms with Gasteiger partial charge >= 0.3 is 0 Å². The second-order valence-electron chi connectivity index (χ2n) is 5.92. The van der Waals surface area contributed by atoms with E-state index in [0.29, 0.717) is 12.5 Å². The molecular weight excluding hydrogens is 262 g/mol. The lowest BCUT2D eigenvalue weighted by Crippen LogP contribution is -2.47. The van der Waals surface area contributed by atoms with Crippen molar-refractivity contribution in [3.8, 4) is 0 Å². The van der Waals surface area contributed by atoms with Crippen LogP contribution < -0.4 is 10.00 Å². The Kier molecular flexibility index (Phi) is 4.78. The third kappa shape index (κ3) is 3.94. The van der Waals surface area contributed by atoms with Crippen LogP contribution in [0.1, 0.15) is 25.0 Å². The summed E-state index contributed by atoms with van der Waals surface area (Å²) < 4.78 is 4.03. The van der Waals surface area contributed by atoms with Crippen molar-refractivity contribution in [3.05, 3.63) is 47.8 Å². The van der Waals surface area contributed by atoms with Crippen LogP contribution in [0.4, 0.5) is 5.69 Å². The largest absolute Gasteiger partial charge is 0.320 e. The van der Waals surface area contributed by atoms with Crippen LogP contribution in [0.2, 0.25) is 0 Å². The average Bonchev–Trinajstić information content (AvgIpc) is 2.80. The highest BCUT2D eigenvalue weighted by Crippen LogP contribution is 2.19. The second kappa shape index (κ2) is 6.57. The standard InChI is InChI=1S/C17H23N3O/c1-13(2)11-19-9-6-10-20(19)12-16(21)18-17-14(3)7-5-8-15(17)4/h5-10,13H,11-12H2,1-4H3/p+1. The predicted octanol–water partition coefficient (Wildman–Crippen LogP) is 2.69. The van der Waals surface area contributed by atoms with Crippen LogP contribution in [-0.2, 0) is 17.9 Å². The highest BCUT2D eigenvalue weighted by atomic mass is 16.2. The normalized spacial score (nSPS) is 10.9. The summed E-state index contributed by atoms with van der Waals surface area (Å²) >= 11 is 0. The lowest BCUT2D eigenvalue weighted by atomic mass is 10.1. The third-order valence-electron chi connectivity index (χ3n) is 3.45. The zero-order valence-electron chi connectivity index (χ0n) is 13.3. The molecule has 4 heteroatoms. The van der Waals surface area contributed by atoms with Gasteiger partial charge in [0.25, 0.3) is 5.91 Å². The topological polar surface area (TPSA) is 37.9 Å². The fourth-order valence-electron chi connectivity index (χ4n) is 2.43. The Morgan fingerprint density at radius 1 is 1.24 bits per heavy atom. The minimum Gasteiger partial charge on any atom is -0.320 e. The Morgan fingerprint density at radius 3 is 2.52 bits per heavy atom. The zero-order chi connectivity index (χ0) is 15.4. The average molecular weight is 286 g/mol. The fraction of sp³-hybridized carbons (Fsp3) is 0.412. The Hall–Kier alpha value is -2.10. The maximum absolute atomic E-state index is 12.3. The molecule has 1 amide bonds. The fourth-order valence-corrected chi connectivity index (χ4v) is 2.43. The molecule has 1 N–H and O–H groups in total. The predicted molar refractivity (Wildman–Crippen MR) is 84.0 cm³/mol. The number of aromatic nitrogens is 2. The van der Waals surface area contributed by atoms with E-state index < -0.39 is 0 Å². The number of anilines is 1. The molecule has 112 valence electrons. The summed E-state index contributed by atoms with van der Waals surface area (Å²) in [6.45, 7) is 9.59. The highest BCUT2D eigenvalue weighted by molar-refractivity contribution is 5.91. The second-order valence-corrected chi connectivity index (χ2v) is 5.92. The van der Waals surface area contributed by atoms with Gasteiger partial charge in [-0.15, -0.1) is 4.68 Å². The highest BCUT2D eigenvalue weighted by Gasteiger charge is 2.16. The van der Waals surface area contributed by atoms with Gasteiger partial charge in [0.2, 0.25) is 6.54 Å². The van der Waals surface area contributed by atoms with Crippen LogP contribution in [-0.4, -0.2) is 10.6 Å². The number of carbonyl (C=O) groups is 1. The summed E-state index contributed by atoms with van der Waals surface area (Å²) in [5, 5.41) is 3.02. The first-order valence-corrected chi connectivity index (χ1v) is 7.38. The molecule has 0 aliphatic heterocycles. The number of carbonyl (C=O) groups excluding carboxylic acids is 1. The van der Waals surface area contributed by atoms with Crippen LogP contribution in [0.3, 0.4) is 0 Å². The summed E-state index contributed by atoms with van der Waals surface area (Å²) in [5.41, 5.74) is 3.10. The molecule has 0 unspecified atom stereocenters. The molecule has 0 bridgehead atoms.